The molecule has 0 spiro atoms. The third-order valence-corrected chi connectivity index (χ3v) is 6.11. The van der Waals surface area contributed by atoms with Crippen LogP contribution in [0.2, 0.25) is 0 Å². The van der Waals surface area contributed by atoms with Crippen molar-refractivity contribution in [2.24, 2.45) is 0 Å². The van der Waals surface area contributed by atoms with Crippen LogP contribution >= 0.6 is 11.3 Å². The van der Waals surface area contributed by atoms with Crippen molar-refractivity contribution in [3.05, 3.63) is 63.8 Å². The number of carbonyl (C=O) groups is 3. The van der Waals surface area contributed by atoms with E-state index in [-0.39, 0.29) is 12.5 Å². The molecular formula is C24H27N3O5S. The number of carbonyl (C=O) groups excluding carboxylic acids is 3. The van der Waals surface area contributed by atoms with Crippen molar-refractivity contribution >= 4 is 34.2 Å². The zero-order chi connectivity index (χ0) is 24.1. The molecule has 1 aromatic carbocycles. The average molecular weight is 470 g/mol. The van der Waals surface area contributed by atoms with Crippen LogP contribution in [-0.4, -0.2) is 40.8 Å². The number of benzene rings is 1. The van der Waals surface area contributed by atoms with Crippen molar-refractivity contribution in [1.82, 2.24) is 9.78 Å². The second-order valence-corrected chi connectivity index (χ2v) is 8.86. The van der Waals surface area contributed by atoms with Crippen LogP contribution in [0.5, 0.6) is 0 Å². The number of thiophene rings is 1. The zero-order valence-electron chi connectivity index (χ0n) is 19.3. The number of ether oxygens (including phenoxy) is 2. The van der Waals surface area contributed by atoms with Crippen LogP contribution in [-0.2, 0) is 14.3 Å². The Bertz CT molecular complexity index is 1160. The van der Waals surface area contributed by atoms with Crippen molar-refractivity contribution in [1.29, 1.82) is 0 Å². The molecule has 0 saturated heterocycles. The lowest BCUT2D eigenvalue weighted by atomic mass is 10.1. The SMILES string of the molecule is CCOC(=O)c1cc(C(C)C)sc1NC(=O)COC(=O)c1ccc(-n2nc(C)cc2C)cc1. The van der Waals surface area contributed by atoms with E-state index in [1.165, 1.54) is 11.3 Å². The van der Waals surface area contributed by atoms with E-state index in [2.05, 4.69) is 10.4 Å². The first kappa shape index (κ1) is 24.2. The number of esters is 2. The van der Waals surface area contributed by atoms with Crippen molar-refractivity contribution in [3.63, 3.8) is 0 Å². The number of amides is 1. The maximum absolute atomic E-state index is 12.4. The topological polar surface area (TPSA) is 99.5 Å². The largest absolute Gasteiger partial charge is 0.462 e. The van der Waals surface area contributed by atoms with Gasteiger partial charge in [0.15, 0.2) is 6.61 Å². The van der Waals surface area contributed by atoms with Gasteiger partial charge < -0.3 is 14.8 Å². The molecule has 0 aliphatic heterocycles. The molecule has 0 atom stereocenters. The van der Waals surface area contributed by atoms with E-state index in [0.29, 0.717) is 16.1 Å². The molecule has 1 amide bonds. The minimum Gasteiger partial charge on any atom is -0.462 e. The smallest absolute Gasteiger partial charge is 0.341 e. The van der Waals surface area contributed by atoms with Gasteiger partial charge in [0, 0.05) is 10.6 Å². The molecule has 2 aromatic heterocycles. The monoisotopic (exact) mass is 469 g/mol. The number of nitrogens with one attached hydrogen (secondary N) is 1. The quantitative estimate of drug-likeness (QED) is 0.482. The summed E-state index contributed by atoms with van der Waals surface area (Å²) in [6.45, 7) is 9.32. The van der Waals surface area contributed by atoms with Crippen LogP contribution in [0, 0.1) is 13.8 Å². The Kier molecular flexibility index (Phi) is 7.65. The Morgan fingerprint density at radius 3 is 2.33 bits per heavy atom. The first-order chi connectivity index (χ1) is 15.7. The van der Waals surface area contributed by atoms with Crippen molar-refractivity contribution in [3.8, 4) is 5.69 Å². The van der Waals surface area contributed by atoms with Crippen LogP contribution in [0.15, 0.2) is 36.4 Å². The third kappa shape index (κ3) is 5.87. The molecular weight excluding hydrogens is 442 g/mol. The van der Waals surface area contributed by atoms with Crippen LogP contribution in [0.1, 0.15) is 63.7 Å². The number of nitrogens with zero attached hydrogens (tertiary/aromatic N) is 2. The van der Waals surface area contributed by atoms with E-state index >= 15 is 0 Å². The summed E-state index contributed by atoms with van der Waals surface area (Å²) in [5.74, 6) is -1.48. The summed E-state index contributed by atoms with van der Waals surface area (Å²) >= 11 is 1.30. The molecule has 0 saturated carbocycles. The van der Waals surface area contributed by atoms with Gasteiger partial charge in [-0.05, 0) is 63.1 Å². The van der Waals surface area contributed by atoms with E-state index in [1.807, 2.05) is 33.8 Å². The summed E-state index contributed by atoms with van der Waals surface area (Å²) in [5, 5.41) is 7.46. The van der Waals surface area contributed by atoms with Gasteiger partial charge in [-0.1, -0.05) is 13.8 Å². The summed E-state index contributed by atoms with van der Waals surface area (Å²) in [6.07, 6.45) is 0. The maximum Gasteiger partial charge on any atom is 0.341 e. The van der Waals surface area contributed by atoms with Gasteiger partial charge in [0.25, 0.3) is 5.91 Å². The molecule has 3 aromatic rings. The molecule has 0 fully saturated rings. The molecule has 1 N–H and O–H groups in total. The summed E-state index contributed by atoms with van der Waals surface area (Å²) in [6, 6.07) is 10.5. The molecule has 174 valence electrons. The highest BCUT2D eigenvalue weighted by Crippen LogP contribution is 2.33. The Hall–Kier alpha value is -3.46. The number of anilines is 1. The summed E-state index contributed by atoms with van der Waals surface area (Å²) in [7, 11) is 0. The maximum atomic E-state index is 12.4. The first-order valence-corrected chi connectivity index (χ1v) is 11.4. The Morgan fingerprint density at radius 2 is 1.76 bits per heavy atom. The highest BCUT2D eigenvalue weighted by Gasteiger charge is 2.21. The van der Waals surface area contributed by atoms with Crippen LogP contribution in [0.4, 0.5) is 5.00 Å². The number of hydrogen-bond acceptors (Lipinski definition) is 7. The van der Waals surface area contributed by atoms with Crippen molar-refractivity contribution in [2.45, 2.75) is 40.5 Å². The second kappa shape index (κ2) is 10.4. The normalized spacial score (nSPS) is 10.8. The first-order valence-electron chi connectivity index (χ1n) is 10.6. The van der Waals surface area contributed by atoms with Gasteiger partial charge in [-0.25, -0.2) is 14.3 Å². The van der Waals surface area contributed by atoms with Crippen molar-refractivity contribution in [2.75, 3.05) is 18.5 Å². The zero-order valence-corrected chi connectivity index (χ0v) is 20.1. The molecule has 0 bridgehead atoms. The predicted molar refractivity (Wildman–Crippen MR) is 126 cm³/mol. The van der Waals surface area contributed by atoms with Crippen molar-refractivity contribution < 1.29 is 23.9 Å². The average Bonchev–Trinajstić information content (AvgIpc) is 3.35. The van der Waals surface area contributed by atoms with E-state index < -0.39 is 24.5 Å². The number of aromatic nitrogens is 2. The second-order valence-electron chi connectivity index (χ2n) is 7.78. The highest BCUT2D eigenvalue weighted by molar-refractivity contribution is 7.16. The summed E-state index contributed by atoms with van der Waals surface area (Å²) < 4.78 is 12.0. The number of rotatable bonds is 8. The lowest BCUT2D eigenvalue weighted by Crippen LogP contribution is -2.21. The van der Waals surface area contributed by atoms with Gasteiger partial charge >= 0.3 is 11.9 Å². The fraction of sp³-hybridized carbons (Fsp3) is 0.333. The third-order valence-electron chi connectivity index (χ3n) is 4.76. The Balaban J connectivity index is 1.62. The van der Waals surface area contributed by atoms with Crippen LogP contribution in [0.3, 0.4) is 0 Å². The van der Waals surface area contributed by atoms with Gasteiger partial charge in [0.2, 0.25) is 0 Å². The molecule has 0 aliphatic carbocycles. The molecule has 9 heteroatoms. The predicted octanol–water partition coefficient (Wildman–Crippen LogP) is 4.65. The van der Waals surface area contributed by atoms with Crippen LogP contribution in [0.25, 0.3) is 5.69 Å². The standard InChI is InChI=1S/C24H27N3O5S/c1-6-31-24(30)19-12-20(14(2)3)33-22(19)25-21(28)13-32-23(29)17-7-9-18(10-8-17)27-16(5)11-15(4)26-27/h7-12,14H,6,13H2,1-5H3,(H,25,28). The van der Waals surface area contributed by atoms with E-state index in [1.54, 1.807) is 41.9 Å². The molecule has 33 heavy (non-hydrogen) atoms. The van der Waals surface area contributed by atoms with Crippen LogP contribution < -0.4 is 5.32 Å². The lowest BCUT2D eigenvalue weighted by molar-refractivity contribution is -0.119. The molecule has 0 unspecified atom stereocenters. The van der Waals surface area contributed by atoms with Gasteiger partial charge in [-0.3, -0.25) is 4.79 Å². The van der Waals surface area contributed by atoms with E-state index in [9.17, 15) is 14.4 Å². The molecule has 2 heterocycles. The van der Waals surface area contributed by atoms with Gasteiger partial charge in [0.1, 0.15) is 5.00 Å². The molecule has 0 aliphatic rings. The minimum atomic E-state index is -0.621. The fourth-order valence-electron chi connectivity index (χ4n) is 3.15. The van der Waals surface area contributed by atoms with E-state index in [0.717, 1.165) is 22.0 Å². The van der Waals surface area contributed by atoms with Gasteiger partial charge in [-0.2, -0.15) is 5.10 Å². The number of hydrogen-bond donors (Lipinski definition) is 1. The molecule has 8 nitrogen and oxygen atoms in total. The summed E-state index contributed by atoms with van der Waals surface area (Å²) in [4.78, 5) is 37.9. The number of aryl methyl sites for hydroxylation is 2. The van der Waals surface area contributed by atoms with Gasteiger partial charge in [0.05, 0.1) is 29.1 Å². The van der Waals surface area contributed by atoms with E-state index in [4.69, 9.17) is 9.47 Å². The minimum absolute atomic E-state index is 0.184. The Labute approximate surface area is 196 Å². The molecule has 3 rings (SSSR count). The summed E-state index contributed by atoms with van der Waals surface area (Å²) in [5.41, 5.74) is 3.32. The highest BCUT2D eigenvalue weighted by atomic mass is 32.1. The van der Waals surface area contributed by atoms with Gasteiger partial charge in [-0.15, -0.1) is 11.3 Å². The fourth-order valence-corrected chi connectivity index (χ4v) is 4.22. The lowest BCUT2D eigenvalue weighted by Gasteiger charge is -2.08. The molecule has 0 radical (unpaired) electrons. The Morgan fingerprint density at radius 1 is 1.06 bits per heavy atom.